The van der Waals surface area contributed by atoms with E-state index in [2.05, 4.69) is 10.2 Å². The molecule has 1 fully saturated rings. The zero-order chi connectivity index (χ0) is 11.4. The van der Waals surface area contributed by atoms with E-state index in [0.717, 1.165) is 25.9 Å². The van der Waals surface area contributed by atoms with Crippen molar-refractivity contribution in [1.82, 2.24) is 19.7 Å². The first-order valence-electron chi connectivity index (χ1n) is 5.51. The summed E-state index contributed by atoms with van der Waals surface area (Å²) in [6.45, 7) is 2.05. The summed E-state index contributed by atoms with van der Waals surface area (Å²) in [5.41, 5.74) is 0. The second-order valence-corrected chi connectivity index (χ2v) is 4.22. The van der Waals surface area contributed by atoms with Crippen LogP contribution in [0.2, 0.25) is 0 Å². The maximum atomic E-state index is 11.9. The first-order valence-corrected chi connectivity index (χ1v) is 6.05. The summed E-state index contributed by atoms with van der Waals surface area (Å²) in [4.78, 5) is 13.8. The molecule has 1 saturated heterocycles. The van der Waals surface area contributed by atoms with Crippen molar-refractivity contribution in [1.29, 1.82) is 0 Å². The van der Waals surface area contributed by atoms with Crippen LogP contribution < -0.4 is 0 Å². The number of carbonyl (C=O) groups excluding carboxylic acids is 1. The molecule has 1 amide bonds. The third-order valence-corrected chi connectivity index (χ3v) is 3.07. The molecule has 1 aromatic rings. The predicted molar refractivity (Wildman–Crippen MR) is 60.0 cm³/mol. The van der Waals surface area contributed by atoms with Gasteiger partial charge in [0.1, 0.15) is 18.7 Å². The summed E-state index contributed by atoms with van der Waals surface area (Å²) in [5.74, 6) is 1.06. The minimum absolute atomic E-state index is 0.130. The van der Waals surface area contributed by atoms with Crippen LogP contribution in [-0.4, -0.2) is 38.7 Å². The van der Waals surface area contributed by atoms with E-state index in [9.17, 15) is 4.79 Å². The van der Waals surface area contributed by atoms with Gasteiger partial charge in [-0.15, -0.1) is 21.8 Å². The zero-order valence-electron chi connectivity index (χ0n) is 9.10. The van der Waals surface area contributed by atoms with Gasteiger partial charge >= 0.3 is 0 Å². The van der Waals surface area contributed by atoms with E-state index in [1.807, 2.05) is 4.90 Å². The topological polar surface area (TPSA) is 51.0 Å². The number of alkyl halides is 1. The molecule has 6 heteroatoms. The van der Waals surface area contributed by atoms with Crippen LogP contribution in [0, 0.1) is 0 Å². The van der Waals surface area contributed by atoms with Crippen LogP contribution in [-0.2, 0) is 17.2 Å². The molecule has 0 aromatic carbocycles. The van der Waals surface area contributed by atoms with Crippen LogP contribution in [0.4, 0.5) is 0 Å². The molecule has 0 spiro atoms. The average Bonchev–Trinajstić information content (AvgIpc) is 2.77. The van der Waals surface area contributed by atoms with Crippen LogP contribution in [0.5, 0.6) is 0 Å². The molecule has 0 radical (unpaired) electrons. The van der Waals surface area contributed by atoms with Crippen LogP contribution in [0.3, 0.4) is 0 Å². The molecular formula is C10H15ClN4O. The van der Waals surface area contributed by atoms with E-state index in [-0.39, 0.29) is 11.8 Å². The van der Waals surface area contributed by atoms with Crippen LogP contribution in [0.15, 0.2) is 6.33 Å². The lowest BCUT2D eigenvalue weighted by atomic mass is 10.1. The van der Waals surface area contributed by atoms with Crippen molar-refractivity contribution in [2.24, 2.45) is 0 Å². The Labute approximate surface area is 99.4 Å². The number of carbonyl (C=O) groups is 1. The lowest BCUT2D eigenvalue weighted by Gasteiger charge is -2.26. The van der Waals surface area contributed by atoms with Gasteiger partial charge in [-0.3, -0.25) is 4.79 Å². The van der Waals surface area contributed by atoms with Crippen molar-refractivity contribution in [3.05, 3.63) is 12.2 Å². The fourth-order valence-corrected chi connectivity index (χ4v) is 2.11. The van der Waals surface area contributed by atoms with E-state index in [0.29, 0.717) is 12.4 Å². The molecule has 88 valence electrons. The van der Waals surface area contributed by atoms with Gasteiger partial charge in [-0.2, -0.15) is 0 Å². The first-order chi connectivity index (χ1) is 7.81. The predicted octanol–water partition coefficient (Wildman–Crippen LogP) is 1.03. The fourth-order valence-electron chi connectivity index (χ4n) is 1.90. The number of amides is 1. The normalized spacial score (nSPS) is 16.4. The molecule has 0 bridgehead atoms. The number of nitrogens with zero attached hydrogens (tertiary/aromatic N) is 4. The lowest BCUT2D eigenvalue weighted by Crippen LogP contribution is -2.37. The Kier molecular flexibility index (Phi) is 3.77. The van der Waals surface area contributed by atoms with E-state index in [1.54, 1.807) is 10.9 Å². The summed E-state index contributed by atoms with van der Waals surface area (Å²) >= 11 is 5.69. The summed E-state index contributed by atoms with van der Waals surface area (Å²) in [6, 6.07) is 0. The molecule has 2 rings (SSSR count). The van der Waals surface area contributed by atoms with Crippen molar-refractivity contribution in [3.63, 3.8) is 0 Å². The highest BCUT2D eigenvalue weighted by Gasteiger charge is 2.17. The van der Waals surface area contributed by atoms with Crippen molar-refractivity contribution in [3.8, 4) is 0 Å². The molecule has 5 nitrogen and oxygen atoms in total. The Hall–Kier alpha value is -1.10. The fraction of sp³-hybridized carbons (Fsp3) is 0.700. The Morgan fingerprint density at radius 3 is 2.81 bits per heavy atom. The van der Waals surface area contributed by atoms with Crippen LogP contribution in [0.25, 0.3) is 0 Å². The maximum absolute atomic E-state index is 11.9. The van der Waals surface area contributed by atoms with Crippen LogP contribution >= 0.6 is 11.6 Å². The summed E-state index contributed by atoms with van der Waals surface area (Å²) in [7, 11) is 0. The highest BCUT2D eigenvalue weighted by atomic mass is 35.5. The number of aromatic nitrogens is 3. The monoisotopic (exact) mass is 242 g/mol. The van der Waals surface area contributed by atoms with Crippen molar-refractivity contribution in [2.75, 3.05) is 13.1 Å². The molecule has 2 heterocycles. The molecule has 0 aliphatic carbocycles. The highest BCUT2D eigenvalue weighted by Crippen LogP contribution is 2.10. The van der Waals surface area contributed by atoms with Gasteiger partial charge in [0.2, 0.25) is 5.91 Å². The van der Waals surface area contributed by atoms with Gasteiger partial charge < -0.3 is 9.47 Å². The Balaban J connectivity index is 1.95. The van der Waals surface area contributed by atoms with E-state index < -0.39 is 0 Å². The molecule has 0 unspecified atom stereocenters. The van der Waals surface area contributed by atoms with Gasteiger partial charge in [-0.25, -0.2) is 0 Å². The summed E-state index contributed by atoms with van der Waals surface area (Å²) in [6.07, 6.45) is 5.00. The number of halogens is 1. The molecule has 16 heavy (non-hydrogen) atoms. The van der Waals surface area contributed by atoms with Crippen molar-refractivity contribution >= 4 is 17.5 Å². The SMILES string of the molecule is O=C(Cn1cnnc1CCl)N1CCCCC1. The number of piperidine rings is 1. The van der Waals surface area contributed by atoms with E-state index >= 15 is 0 Å². The van der Waals surface area contributed by atoms with Crippen molar-refractivity contribution < 1.29 is 4.79 Å². The zero-order valence-corrected chi connectivity index (χ0v) is 9.86. The first kappa shape index (κ1) is 11.4. The molecular weight excluding hydrogens is 228 g/mol. The van der Waals surface area contributed by atoms with Gasteiger partial charge in [0.25, 0.3) is 0 Å². The van der Waals surface area contributed by atoms with E-state index in [4.69, 9.17) is 11.6 Å². The maximum Gasteiger partial charge on any atom is 0.242 e. The second kappa shape index (κ2) is 5.30. The molecule has 0 N–H and O–H groups in total. The van der Waals surface area contributed by atoms with E-state index in [1.165, 1.54) is 6.42 Å². The van der Waals surface area contributed by atoms with Gasteiger partial charge in [-0.05, 0) is 19.3 Å². The minimum Gasteiger partial charge on any atom is -0.341 e. The number of hydrogen-bond donors (Lipinski definition) is 0. The molecule has 1 aromatic heterocycles. The lowest BCUT2D eigenvalue weighted by molar-refractivity contribution is -0.132. The third kappa shape index (κ3) is 2.52. The summed E-state index contributed by atoms with van der Waals surface area (Å²) < 4.78 is 1.71. The van der Waals surface area contributed by atoms with Gasteiger partial charge in [-0.1, -0.05) is 0 Å². The molecule has 1 aliphatic rings. The molecule has 0 saturated carbocycles. The van der Waals surface area contributed by atoms with Gasteiger partial charge in [0.05, 0.1) is 5.88 Å². The minimum atomic E-state index is 0.130. The summed E-state index contributed by atoms with van der Waals surface area (Å²) in [5, 5.41) is 7.59. The smallest absolute Gasteiger partial charge is 0.242 e. The molecule has 1 aliphatic heterocycles. The Morgan fingerprint density at radius 2 is 2.12 bits per heavy atom. The molecule has 0 atom stereocenters. The van der Waals surface area contributed by atoms with Crippen molar-refractivity contribution in [2.45, 2.75) is 31.7 Å². The number of rotatable bonds is 3. The van der Waals surface area contributed by atoms with Gasteiger partial charge in [0.15, 0.2) is 0 Å². The highest BCUT2D eigenvalue weighted by molar-refractivity contribution is 6.16. The van der Waals surface area contributed by atoms with Crippen LogP contribution in [0.1, 0.15) is 25.1 Å². The Bertz CT molecular complexity index is 359. The second-order valence-electron chi connectivity index (χ2n) is 3.95. The third-order valence-electron chi connectivity index (χ3n) is 2.83. The number of hydrogen-bond acceptors (Lipinski definition) is 3. The van der Waals surface area contributed by atoms with Gasteiger partial charge in [0, 0.05) is 13.1 Å². The Morgan fingerprint density at radius 1 is 1.38 bits per heavy atom. The standard InChI is InChI=1S/C10H15ClN4O/c11-6-9-13-12-8-15(9)7-10(16)14-4-2-1-3-5-14/h8H,1-7H2. The quantitative estimate of drug-likeness (QED) is 0.744. The average molecular weight is 243 g/mol. The number of likely N-dealkylation sites (tertiary alicyclic amines) is 1. The largest absolute Gasteiger partial charge is 0.341 e.